The van der Waals surface area contributed by atoms with E-state index < -0.39 is 0 Å². The molecule has 2 atom stereocenters. The molecular formula is C15H19NO. The molecule has 2 rings (SSSR count). The lowest BCUT2D eigenvalue weighted by atomic mass is 9.82. The molecule has 0 amide bonds. The fraction of sp³-hybridized carbons (Fsp3) is 0.533. The molecule has 1 aliphatic carbocycles. The summed E-state index contributed by atoms with van der Waals surface area (Å²) in [6, 6.07) is 9.68. The van der Waals surface area contributed by atoms with Gasteiger partial charge in [-0.15, -0.1) is 0 Å². The van der Waals surface area contributed by atoms with E-state index in [2.05, 4.69) is 19.9 Å². The van der Waals surface area contributed by atoms with Gasteiger partial charge in [0.2, 0.25) is 0 Å². The molecule has 0 heterocycles. The minimum atomic E-state index is 0.267. The summed E-state index contributed by atoms with van der Waals surface area (Å²) in [7, 11) is 0. The first kappa shape index (κ1) is 12.0. The molecule has 90 valence electrons. The lowest BCUT2D eigenvalue weighted by Gasteiger charge is -2.31. The lowest BCUT2D eigenvalue weighted by molar-refractivity contribution is 0.101. The number of nitriles is 1. The third kappa shape index (κ3) is 3.00. The van der Waals surface area contributed by atoms with E-state index in [1.807, 2.05) is 24.3 Å². The van der Waals surface area contributed by atoms with E-state index in [9.17, 15) is 0 Å². The molecule has 1 aliphatic rings. The van der Waals surface area contributed by atoms with Gasteiger partial charge >= 0.3 is 0 Å². The second-order valence-electron chi connectivity index (χ2n) is 5.27. The Morgan fingerprint density at radius 1 is 1.12 bits per heavy atom. The molecule has 0 radical (unpaired) electrons. The number of benzene rings is 1. The molecule has 2 heteroatoms. The van der Waals surface area contributed by atoms with Gasteiger partial charge in [-0.05, 0) is 43.2 Å². The number of para-hydroxylation sites is 1. The van der Waals surface area contributed by atoms with Gasteiger partial charge in [-0.25, -0.2) is 0 Å². The van der Waals surface area contributed by atoms with Crippen LogP contribution in [0.2, 0.25) is 0 Å². The van der Waals surface area contributed by atoms with Crippen LogP contribution < -0.4 is 4.74 Å². The fourth-order valence-corrected chi connectivity index (χ4v) is 2.81. The topological polar surface area (TPSA) is 33.0 Å². The molecule has 1 aromatic rings. The van der Waals surface area contributed by atoms with Gasteiger partial charge in [0.05, 0.1) is 11.7 Å². The summed E-state index contributed by atoms with van der Waals surface area (Å²) in [5.41, 5.74) is 0.637. The number of hydrogen-bond donors (Lipinski definition) is 0. The van der Waals surface area contributed by atoms with E-state index in [0.29, 0.717) is 5.56 Å². The zero-order valence-electron chi connectivity index (χ0n) is 10.5. The molecule has 1 fully saturated rings. The predicted octanol–water partition coefficient (Wildman–Crippen LogP) is 3.76. The van der Waals surface area contributed by atoms with Crippen LogP contribution in [-0.2, 0) is 0 Å². The van der Waals surface area contributed by atoms with Gasteiger partial charge in [0.15, 0.2) is 0 Å². The Labute approximate surface area is 103 Å². The average molecular weight is 229 g/mol. The van der Waals surface area contributed by atoms with Crippen LogP contribution in [0.4, 0.5) is 0 Å². The average Bonchev–Trinajstić information content (AvgIpc) is 2.28. The fourth-order valence-electron chi connectivity index (χ4n) is 2.81. The molecule has 17 heavy (non-hydrogen) atoms. The summed E-state index contributed by atoms with van der Waals surface area (Å²) in [6.45, 7) is 4.56. The maximum absolute atomic E-state index is 9.02. The Hall–Kier alpha value is -1.49. The Bertz CT molecular complexity index is 411. The molecule has 0 saturated heterocycles. The van der Waals surface area contributed by atoms with Crippen molar-refractivity contribution in [2.75, 3.05) is 0 Å². The normalized spacial score (nSPS) is 28.4. The summed E-state index contributed by atoms with van der Waals surface area (Å²) < 4.78 is 6.00. The van der Waals surface area contributed by atoms with Crippen LogP contribution in [0, 0.1) is 23.2 Å². The molecule has 0 aliphatic heterocycles. The predicted molar refractivity (Wildman–Crippen MR) is 67.8 cm³/mol. The van der Waals surface area contributed by atoms with Crippen LogP contribution in [-0.4, -0.2) is 6.10 Å². The van der Waals surface area contributed by atoms with E-state index in [-0.39, 0.29) is 6.10 Å². The quantitative estimate of drug-likeness (QED) is 0.773. The number of rotatable bonds is 2. The highest BCUT2D eigenvalue weighted by Gasteiger charge is 2.25. The van der Waals surface area contributed by atoms with Crippen molar-refractivity contribution in [3.8, 4) is 11.8 Å². The molecular weight excluding hydrogens is 210 g/mol. The summed E-state index contributed by atoms with van der Waals surface area (Å²) >= 11 is 0. The second kappa shape index (κ2) is 5.23. The number of hydrogen-bond acceptors (Lipinski definition) is 2. The molecule has 0 aromatic heterocycles. The summed E-state index contributed by atoms with van der Waals surface area (Å²) in [5.74, 6) is 2.18. The monoisotopic (exact) mass is 229 g/mol. The van der Waals surface area contributed by atoms with E-state index in [0.717, 1.165) is 30.4 Å². The minimum Gasteiger partial charge on any atom is -0.489 e. The van der Waals surface area contributed by atoms with E-state index in [1.165, 1.54) is 6.42 Å². The number of nitrogens with zero attached hydrogens (tertiary/aromatic N) is 1. The van der Waals surface area contributed by atoms with Crippen LogP contribution in [0.25, 0.3) is 0 Å². The molecule has 0 spiro atoms. The Balaban J connectivity index is 2.08. The van der Waals surface area contributed by atoms with E-state index in [4.69, 9.17) is 10.00 Å². The third-order valence-electron chi connectivity index (χ3n) is 3.44. The highest BCUT2D eigenvalue weighted by Crippen LogP contribution is 2.32. The Morgan fingerprint density at radius 3 is 2.41 bits per heavy atom. The largest absolute Gasteiger partial charge is 0.489 e. The lowest BCUT2D eigenvalue weighted by Crippen LogP contribution is -2.28. The zero-order valence-corrected chi connectivity index (χ0v) is 10.5. The summed E-state index contributed by atoms with van der Waals surface area (Å²) in [5, 5.41) is 9.02. The van der Waals surface area contributed by atoms with Crippen LogP contribution in [0.1, 0.15) is 38.7 Å². The van der Waals surface area contributed by atoms with Crippen molar-refractivity contribution in [2.24, 2.45) is 11.8 Å². The highest BCUT2D eigenvalue weighted by atomic mass is 16.5. The van der Waals surface area contributed by atoms with Crippen molar-refractivity contribution in [2.45, 2.75) is 39.2 Å². The highest BCUT2D eigenvalue weighted by molar-refractivity contribution is 5.42. The first-order valence-corrected chi connectivity index (χ1v) is 6.34. The first-order valence-electron chi connectivity index (χ1n) is 6.34. The van der Waals surface area contributed by atoms with Crippen molar-refractivity contribution in [1.82, 2.24) is 0 Å². The van der Waals surface area contributed by atoms with Crippen LogP contribution in [0.5, 0.6) is 5.75 Å². The van der Waals surface area contributed by atoms with Crippen molar-refractivity contribution >= 4 is 0 Å². The summed E-state index contributed by atoms with van der Waals surface area (Å²) in [6.07, 6.45) is 3.76. The minimum absolute atomic E-state index is 0.267. The van der Waals surface area contributed by atoms with Gasteiger partial charge < -0.3 is 4.74 Å². The SMILES string of the molecule is CC1CC(C)CC(Oc2ccccc2C#N)C1. The molecule has 1 aromatic carbocycles. The molecule has 0 N–H and O–H groups in total. The van der Waals surface area contributed by atoms with Gasteiger partial charge in [-0.3, -0.25) is 0 Å². The molecule has 1 saturated carbocycles. The van der Waals surface area contributed by atoms with Crippen LogP contribution >= 0.6 is 0 Å². The van der Waals surface area contributed by atoms with Gasteiger partial charge in [-0.1, -0.05) is 26.0 Å². The smallest absolute Gasteiger partial charge is 0.137 e. The first-order chi connectivity index (χ1) is 8.19. The maximum Gasteiger partial charge on any atom is 0.137 e. The number of ether oxygens (including phenoxy) is 1. The van der Waals surface area contributed by atoms with Crippen LogP contribution in [0.15, 0.2) is 24.3 Å². The molecule has 0 bridgehead atoms. The van der Waals surface area contributed by atoms with Crippen molar-refractivity contribution in [3.63, 3.8) is 0 Å². The van der Waals surface area contributed by atoms with Gasteiger partial charge in [0.1, 0.15) is 11.8 Å². The van der Waals surface area contributed by atoms with E-state index >= 15 is 0 Å². The van der Waals surface area contributed by atoms with Gasteiger partial charge in [0.25, 0.3) is 0 Å². The summed E-state index contributed by atoms with van der Waals surface area (Å²) in [4.78, 5) is 0. The van der Waals surface area contributed by atoms with Crippen molar-refractivity contribution in [3.05, 3.63) is 29.8 Å². The van der Waals surface area contributed by atoms with Crippen molar-refractivity contribution in [1.29, 1.82) is 5.26 Å². The zero-order chi connectivity index (χ0) is 12.3. The van der Waals surface area contributed by atoms with Gasteiger partial charge in [0, 0.05) is 0 Å². The van der Waals surface area contributed by atoms with E-state index in [1.54, 1.807) is 0 Å². The second-order valence-corrected chi connectivity index (χ2v) is 5.27. The Morgan fingerprint density at radius 2 is 1.76 bits per heavy atom. The maximum atomic E-state index is 9.02. The Kier molecular flexibility index (Phi) is 3.68. The standard InChI is InChI=1S/C15H19NO/c1-11-7-12(2)9-14(8-11)17-15-6-4-3-5-13(15)10-16/h3-6,11-12,14H,7-9H2,1-2H3. The third-order valence-corrected chi connectivity index (χ3v) is 3.44. The van der Waals surface area contributed by atoms with Crippen molar-refractivity contribution < 1.29 is 4.74 Å². The molecule has 2 unspecified atom stereocenters. The molecule has 2 nitrogen and oxygen atoms in total. The van der Waals surface area contributed by atoms with Gasteiger partial charge in [-0.2, -0.15) is 5.26 Å². The van der Waals surface area contributed by atoms with Crippen LogP contribution in [0.3, 0.4) is 0 Å².